The number of hydrogen-bond donors (Lipinski definition) is 1. The molecule has 1 saturated heterocycles. The highest BCUT2D eigenvalue weighted by Crippen LogP contribution is 2.22. The molecule has 2 aromatic rings. The minimum Gasteiger partial charge on any atom is -0.491 e. The van der Waals surface area contributed by atoms with Gasteiger partial charge in [0.25, 0.3) is 5.69 Å². The van der Waals surface area contributed by atoms with Crippen LogP contribution in [0.15, 0.2) is 59.5 Å². The highest BCUT2D eigenvalue weighted by molar-refractivity contribution is 7.89. The van der Waals surface area contributed by atoms with Gasteiger partial charge in [0.15, 0.2) is 0 Å². The topological polar surface area (TPSA) is 113 Å². The average molecular weight is 421 g/mol. The molecule has 0 aromatic heterocycles. The quantitative estimate of drug-likeness (QED) is 0.505. The molecule has 10 heteroatoms. The van der Waals surface area contributed by atoms with Crippen molar-refractivity contribution in [2.45, 2.75) is 11.0 Å². The van der Waals surface area contributed by atoms with E-state index < -0.39 is 21.1 Å². The van der Waals surface area contributed by atoms with Crippen LogP contribution in [0.4, 0.5) is 5.69 Å². The van der Waals surface area contributed by atoms with Gasteiger partial charge in [-0.25, -0.2) is 8.42 Å². The van der Waals surface area contributed by atoms with E-state index >= 15 is 0 Å². The number of para-hydroxylation sites is 1. The summed E-state index contributed by atoms with van der Waals surface area (Å²) >= 11 is 0. The van der Waals surface area contributed by atoms with Gasteiger partial charge in [0.05, 0.1) is 9.82 Å². The zero-order valence-electron chi connectivity index (χ0n) is 15.8. The third kappa shape index (κ3) is 5.51. The molecule has 0 amide bonds. The summed E-state index contributed by atoms with van der Waals surface area (Å²) in [7, 11) is -3.80. The summed E-state index contributed by atoms with van der Waals surface area (Å²) in [5, 5.41) is 21.1. The van der Waals surface area contributed by atoms with Crippen molar-refractivity contribution in [2.75, 3.05) is 39.3 Å². The molecule has 1 aliphatic heterocycles. The molecule has 0 bridgehead atoms. The molecule has 9 nitrogen and oxygen atoms in total. The molecule has 2 aromatic carbocycles. The second kappa shape index (κ2) is 9.31. The summed E-state index contributed by atoms with van der Waals surface area (Å²) in [4.78, 5) is 12.2. The molecule has 1 unspecified atom stereocenters. The minimum absolute atomic E-state index is 0.0866. The Bertz CT molecular complexity index is 930. The summed E-state index contributed by atoms with van der Waals surface area (Å²) in [5.74, 6) is 0.680. The molecule has 3 rings (SSSR count). The van der Waals surface area contributed by atoms with E-state index in [1.54, 1.807) is 0 Å². The summed E-state index contributed by atoms with van der Waals surface area (Å²) < 4.78 is 32.4. The van der Waals surface area contributed by atoms with Crippen molar-refractivity contribution >= 4 is 15.7 Å². The molecule has 0 radical (unpaired) electrons. The van der Waals surface area contributed by atoms with Crippen LogP contribution in [0, 0.1) is 10.1 Å². The van der Waals surface area contributed by atoms with Gasteiger partial charge in [-0.15, -0.1) is 0 Å². The van der Waals surface area contributed by atoms with Gasteiger partial charge in [-0.1, -0.05) is 24.3 Å². The smallest absolute Gasteiger partial charge is 0.270 e. The van der Waals surface area contributed by atoms with Crippen molar-refractivity contribution in [1.82, 2.24) is 9.21 Å². The van der Waals surface area contributed by atoms with E-state index in [1.807, 2.05) is 35.2 Å². The molecule has 0 spiro atoms. The van der Waals surface area contributed by atoms with Gasteiger partial charge >= 0.3 is 0 Å². The van der Waals surface area contributed by atoms with Crippen molar-refractivity contribution in [3.8, 4) is 5.75 Å². The first kappa shape index (κ1) is 21.2. The van der Waals surface area contributed by atoms with Crippen molar-refractivity contribution in [2.24, 2.45) is 0 Å². The predicted octanol–water partition coefficient (Wildman–Crippen LogP) is 1.34. The fraction of sp³-hybridized carbons (Fsp3) is 0.368. The van der Waals surface area contributed by atoms with Gasteiger partial charge < -0.3 is 9.84 Å². The largest absolute Gasteiger partial charge is 0.491 e. The molecule has 1 aliphatic rings. The Morgan fingerprint density at radius 1 is 1.07 bits per heavy atom. The Morgan fingerprint density at radius 3 is 2.41 bits per heavy atom. The lowest BCUT2D eigenvalue weighted by molar-refractivity contribution is -0.385. The lowest BCUT2D eigenvalue weighted by Gasteiger charge is -2.34. The Hall–Kier alpha value is -2.53. The zero-order chi connectivity index (χ0) is 20.9. The highest BCUT2D eigenvalue weighted by atomic mass is 32.2. The number of aliphatic hydroxyl groups excluding tert-OH is 1. The summed E-state index contributed by atoms with van der Waals surface area (Å²) in [6, 6.07) is 14.3. The number of sulfonamides is 1. The molecule has 0 aliphatic carbocycles. The molecular weight excluding hydrogens is 398 g/mol. The van der Waals surface area contributed by atoms with E-state index in [1.165, 1.54) is 22.5 Å². The zero-order valence-corrected chi connectivity index (χ0v) is 16.6. The number of nitro groups is 1. The van der Waals surface area contributed by atoms with Crippen LogP contribution in [0.5, 0.6) is 5.75 Å². The number of nitrogens with zero attached hydrogens (tertiary/aromatic N) is 3. The van der Waals surface area contributed by atoms with Gasteiger partial charge in [0.2, 0.25) is 10.0 Å². The van der Waals surface area contributed by atoms with Gasteiger partial charge in [0.1, 0.15) is 18.5 Å². The maximum Gasteiger partial charge on any atom is 0.270 e. The van der Waals surface area contributed by atoms with Crippen molar-refractivity contribution < 1.29 is 23.2 Å². The Morgan fingerprint density at radius 2 is 1.76 bits per heavy atom. The number of nitro benzene ring substituents is 1. The van der Waals surface area contributed by atoms with Crippen LogP contribution >= 0.6 is 0 Å². The molecule has 1 atom stereocenters. The van der Waals surface area contributed by atoms with E-state index in [9.17, 15) is 23.6 Å². The first-order valence-electron chi connectivity index (χ1n) is 9.19. The maximum absolute atomic E-state index is 12.8. The normalized spacial score (nSPS) is 17.0. The van der Waals surface area contributed by atoms with Crippen LogP contribution in [-0.2, 0) is 10.0 Å². The molecular formula is C19H23N3O6S. The maximum atomic E-state index is 12.8. The Balaban J connectivity index is 1.52. The van der Waals surface area contributed by atoms with Crippen LogP contribution in [0.2, 0.25) is 0 Å². The van der Waals surface area contributed by atoms with E-state index in [0.29, 0.717) is 25.4 Å². The molecule has 1 N–H and O–H groups in total. The Labute approximate surface area is 169 Å². The fourth-order valence-electron chi connectivity index (χ4n) is 3.12. The number of ether oxygens (including phenoxy) is 1. The van der Waals surface area contributed by atoms with Gasteiger partial charge in [0, 0.05) is 44.9 Å². The average Bonchev–Trinajstić information content (AvgIpc) is 2.73. The van der Waals surface area contributed by atoms with Crippen LogP contribution in [0.25, 0.3) is 0 Å². The molecule has 1 heterocycles. The van der Waals surface area contributed by atoms with Crippen molar-refractivity contribution in [3.63, 3.8) is 0 Å². The van der Waals surface area contributed by atoms with E-state index in [0.717, 1.165) is 6.07 Å². The molecule has 156 valence electrons. The second-order valence-electron chi connectivity index (χ2n) is 6.74. The fourth-order valence-corrected chi connectivity index (χ4v) is 4.58. The van der Waals surface area contributed by atoms with Crippen LogP contribution in [0.1, 0.15) is 0 Å². The number of aliphatic hydroxyl groups is 1. The lowest BCUT2D eigenvalue weighted by Crippen LogP contribution is -2.50. The predicted molar refractivity (Wildman–Crippen MR) is 106 cm³/mol. The highest BCUT2D eigenvalue weighted by Gasteiger charge is 2.30. The standard InChI is InChI=1S/C19H23N3O6S/c23-17(15-28-18-6-2-1-3-7-18)14-20-9-11-21(12-10-20)29(26,27)19-8-4-5-16(13-19)22(24)25/h1-8,13,17,23H,9-12,14-15H2. The number of β-amino-alcohol motifs (C(OH)–C–C–N with tert-alkyl or cyclic N) is 1. The first-order valence-corrected chi connectivity index (χ1v) is 10.6. The minimum atomic E-state index is -3.80. The monoisotopic (exact) mass is 421 g/mol. The third-order valence-corrected chi connectivity index (χ3v) is 6.55. The second-order valence-corrected chi connectivity index (χ2v) is 8.67. The van der Waals surface area contributed by atoms with Crippen LogP contribution in [0.3, 0.4) is 0 Å². The summed E-state index contributed by atoms with van der Waals surface area (Å²) in [6.07, 6.45) is -0.699. The molecule has 0 saturated carbocycles. The number of benzene rings is 2. The lowest BCUT2D eigenvalue weighted by atomic mass is 10.3. The van der Waals surface area contributed by atoms with E-state index in [2.05, 4.69) is 0 Å². The number of hydrogen-bond acceptors (Lipinski definition) is 7. The summed E-state index contributed by atoms with van der Waals surface area (Å²) in [5.41, 5.74) is -0.258. The summed E-state index contributed by atoms with van der Waals surface area (Å²) in [6.45, 7) is 1.93. The van der Waals surface area contributed by atoms with Crippen LogP contribution in [-0.4, -0.2) is 73.1 Å². The Kier molecular flexibility index (Phi) is 6.80. The van der Waals surface area contributed by atoms with Gasteiger partial charge in [-0.05, 0) is 18.2 Å². The van der Waals surface area contributed by atoms with Crippen molar-refractivity contribution in [3.05, 3.63) is 64.7 Å². The SMILES string of the molecule is O=[N+]([O-])c1cccc(S(=O)(=O)N2CCN(CC(O)COc3ccccc3)CC2)c1. The third-order valence-electron chi connectivity index (χ3n) is 4.65. The van der Waals surface area contributed by atoms with Crippen LogP contribution < -0.4 is 4.74 Å². The molecule has 1 fully saturated rings. The number of rotatable bonds is 8. The van der Waals surface area contributed by atoms with E-state index in [-0.39, 0.29) is 30.3 Å². The van der Waals surface area contributed by atoms with Crippen molar-refractivity contribution in [1.29, 1.82) is 0 Å². The molecule has 29 heavy (non-hydrogen) atoms. The number of non-ortho nitro benzene ring substituents is 1. The number of piperazine rings is 1. The van der Waals surface area contributed by atoms with E-state index in [4.69, 9.17) is 4.74 Å². The van der Waals surface area contributed by atoms with Gasteiger partial charge in [-0.3, -0.25) is 15.0 Å². The first-order chi connectivity index (χ1) is 13.9. The van der Waals surface area contributed by atoms with Gasteiger partial charge in [-0.2, -0.15) is 4.31 Å².